The molecule has 5 heteroatoms. The van der Waals surface area contributed by atoms with Crippen molar-refractivity contribution in [3.8, 4) is 0 Å². The van der Waals surface area contributed by atoms with E-state index in [0.717, 1.165) is 11.8 Å². The van der Waals surface area contributed by atoms with Gasteiger partial charge in [0.15, 0.2) is 6.29 Å². The number of carbonyl (C=O) groups is 1. The van der Waals surface area contributed by atoms with Crippen molar-refractivity contribution in [1.29, 1.82) is 0 Å². The Bertz CT molecular complexity index is 478. The maximum atomic E-state index is 10.6. The summed E-state index contributed by atoms with van der Waals surface area (Å²) in [6, 6.07) is 4.88. The summed E-state index contributed by atoms with van der Waals surface area (Å²) in [5.41, 5.74) is 1.69. The summed E-state index contributed by atoms with van der Waals surface area (Å²) < 4.78 is 0. The molecule has 2 rings (SSSR count). The Morgan fingerprint density at radius 2 is 2.14 bits per heavy atom. The molecule has 1 heterocycles. The number of aldehydes is 1. The topological polar surface area (TPSA) is 73.3 Å². The summed E-state index contributed by atoms with van der Waals surface area (Å²) in [6.45, 7) is 0. The zero-order valence-electron chi connectivity index (χ0n) is 7.27. The lowest BCUT2D eigenvalue weighted by Crippen LogP contribution is -2.29. The van der Waals surface area contributed by atoms with E-state index in [4.69, 9.17) is 10.0 Å². The number of H-pyrrole nitrogens is 1. The maximum Gasteiger partial charge on any atom is 0.488 e. The number of aromatic amines is 1. The molecule has 0 spiro atoms. The lowest BCUT2D eigenvalue weighted by atomic mass is 9.80. The molecule has 0 aliphatic carbocycles. The molecule has 0 amide bonds. The number of hydrogen-bond donors (Lipinski definition) is 3. The van der Waals surface area contributed by atoms with Crippen LogP contribution in [0.5, 0.6) is 0 Å². The zero-order chi connectivity index (χ0) is 10.1. The van der Waals surface area contributed by atoms with Gasteiger partial charge in [-0.05, 0) is 11.5 Å². The molecular formula is C9H8BNO3. The zero-order valence-corrected chi connectivity index (χ0v) is 7.27. The van der Waals surface area contributed by atoms with Gasteiger partial charge in [-0.3, -0.25) is 4.79 Å². The summed E-state index contributed by atoms with van der Waals surface area (Å²) in [7, 11) is -1.51. The van der Waals surface area contributed by atoms with Gasteiger partial charge in [0.2, 0.25) is 0 Å². The van der Waals surface area contributed by atoms with E-state index in [2.05, 4.69) is 4.98 Å². The van der Waals surface area contributed by atoms with Gasteiger partial charge in [0.1, 0.15) is 0 Å². The van der Waals surface area contributed by atoms with Gasteiger partial charge >= 0.3 is 7.12 Å². The van der Waals surface area contributed by atoms with Gasteiger partial charge < -0.3 is 15.0 Å². The van der Waals surface area contributed by atoms with Crippen LogP contribution in [0.3, 0.4) is 0 Å². The Morgan fingerprint density at radius 3 is 2.79 bits per heavy atom. The molecule has 1 aromatic carbocycles. The quantitative estimate of drug-likeness (QED) is 0.446. The Kier molecular flexibility index (Phi) is 2.11. The van der Waals surface area contributed by atoms with E-state index in [1.54, 1.807) is 24.4 Å². The van der Waals surface area contributed by atoms with E-state index in [-0.39, 0.29) is 0 Å². The average Bonchev–Trinajstić information content (AvgIpc) is 2.59. The first-order valence-corrected chi connectivity index (χ1v) is 4.14. The van der Waals surface area contributed by atoms with Crippen LogP contribution in [0.15, 0.2) is 24.4 Å². The van der Waals surface area contributed by atoms with Crippen LogP contribution >= 0.6 is 0 Å². The van der Waals surface area contributed by atoms with E-state index in [1.165, 1.54) is 0 Å². The number of fused-ring (bicyclic) bond motifs is 1. The number of hydrogen-bond acceptors (Lipinski definition) is 3. The minimum atomic E-state index is -1.51. The molecule has 0 unspecified atom stereocenters. The van der Waals surface area contributed by atoms with Crippen LogP contribution in [0, 0.1) is 0 Å². The Hall–Kier alpha value is -1.59. The van der Waals surface area contributed by atoms with Crippen molar-refractivity contribution in [2.24, 2.45) is 0 Å². The molecule has 2 aromatic rings. The third-order valence-electron chi connectivity index (χ3n) is 2.16. The third-order valence-corrected chi connectivity index (χ3v) is 2.16. The predicted molar refractivity (Wildman–Crippen MR) is 53.5 cm³/mol. The van der Waals surface area contributed by atoms with Gasteiger partial charge in [-0.25, -0.2) is 0 Å². The Balaban J connectivity index is 2.67. The number of aromatic nitrogens is 1. The SMILES string of the molecule is O=Cc1c[nH]c2ccc(B(O)O)cc12. The van der Waals surface area contributed by atoms with Crippen molar-refractivity contribution in [3.63, 3.8) is 0 Å². The molecule has 0 atom stereocenters. The molecule has 0 radical (unpaired) electrons. The van der Waals surface area contributed by atoms with Crippen LogP contribution in [0.4, 0.5) is 0 Å². The van der Waals surface area contributed by atoms with Gasteiger partial charge in [0.05, 0.1) is 0 Å². The monoisotopic (exact) mass is 189 g/mol. The number of benzene rings is 1. The fourth-order valence-electron chi connectivity index (χ4n) is 1.42. The Morgan fingerprint density at radius 1 is 1.36 bits per heavy atom. The highest BCUT2D eigenvalue weighted by molar-refractivity contribution is 6.58. The second kappa shape index (κ2) is 3.28. The standard InChI is InChI=1S/C9H8BNO3/c12-5-6-4-11-9-2-1-7(10(13)14)3-8(6)9/h1-5,11,13-14H. The molecule has 0 bridgehead atoms. The van der Waals surface area contributed by atoms with Crippen LogP contribution in [-0.4, -0.2) is 28.4 Å². The fourth-order valence-corrected chi connectivity index (χ4v) is 1.42. The minimum absolute atomic E-state index is 0.375. The molecule has 4 nitrogen and oxygen atoms in total. The van der Waals surface area contributed by atoms with Crippen molar-refractivity contribution >= 4 is 29.8 Å². The van der Waals surface area contributed by atoms with Crippen LogP contribution in [0.2, 0.25) is 0 Å². The normalized spacial score (nSPS) is 10.4. The van der Waals surface area contributed by atoms with Gasteiger partial charge in [-0.1, -0.05) is 12.1 Å². The highest BCUT2D eigenvalue weighted by Gasteiger charge is 2.12. The summed E-state index contributed by atoms with van der Waals surface area (Å²) in [5.74, 6) is 0. The number of carbonyl (C=O) groups excluding carboxylic acids is 1. The summed E-state index contributed by atoms with van der Waals surface area (Å²) in [5, 5.41) is 18.6. The van der Waals surface area contributed by atoms with Crippen molar-refractivity contribution in [2.45, 2.75) is 0 Å². The van der Waals surface area contributed by atoms with Gasteiger partial charge in [0.25, 0.3) is 0 Å². The predicted octanol–water partition coefficient (Wildman–Crippen LogP) is -0.340. The molecular weight excluding hydrogens is 181 g/mol. The van der Waals surface area contributed by atoms with Gasteiger partial charge in [0, 0.05) is 22.7 Å². The van der Waals surface area contributed by atoms with Crippen LogP contribution in [-0.2, 0) is 0 Å². The lowest BCUT2D eigenvalue weighted by Gasteiger charge is -1.98. The lowest BCUT2D eigenvalue weighted by molar-refractivity contribution is 0.112. The van der Waals surface area contributed by atoms with Crippen molar-refractivity contribution in [1.82, 2.24) is 4.98 Å². The second-order valence-corrected chi connectivity index (χ2v) is 3.04. The second-order valence-electron chi connectivity index (χ2n) is 3.04. The smallest absolute Gasteiger partial charge is 0.423 e. The average molecular weight is 189 g/mol. The summed E-state index contributed by atoms with van der Waals surface area (Å²) >= 11 is 0. The number of rotatable bonds is 2. The maximum absolute atomic E-state index is 10.6. The van der Waals surface area contributed by atoms with E-state index in [0.29, 0.717) is 16.4 Å². The minimum Gasteiger partial charge on any atom is -0.423 e. The molecule has 0 fully saturated rings. The molecule has 1 aromatic heterocycles. The Labute approximate surface area is 80.3 Å². The first-order valence-electron chi connectivity index (χ1n) is 4.14. The van der Waals surface area contributed by atoms with Crippen molar-refractivity contribution in [2.75, 3.05) is 0 Å². The van der Waals surface area contributed by atoms with E-state index in [9.17, 15) is 4.79 Å². The number of nitrogens with one attached hydrogen (secondary N) is 1. The molecule has 70 valence electrons. The van der Waals surface area contributed by atoms with E-state index < -0.39 is 7.12 Å². The highest BCUT2D eigenvalue weighted by atomic mass is 16.4. The van der Waals surface area contributed by atoms with E-state index >= 15 is 0 Å². The summed E-state index contributed by atoms with van der Waals surface area (Å²) in [6.07, 6.45) is 2.32. The summed E-state index contributed by atoms with van der Waals surface area (Å²) in [4.78, 5) is 13.5. The molecule has 0 aliphatic rings. The first kappa shape index (κ1) is 8.99. The largest absolute Gasteiger partial charge is 0.488 e. The molecule has 14 heavy (non-hydrogen) atoms. The molecule has 0 saturated heterocycles. The first-order chi connectivity index (χ1) is 6.72. The van der Waals surface area contributed by atoms with Crippen molar-refractivity contribution < 1.29 is 14.8 Å². The third kappa shape index (κ3) is 1.32. The van der Waals surface area contributed by atoms with E-state index in [1.807, 2.05) is 0 Å². The van der Waals surface area contributed by atoms with Crippen LogP contribution < -0.4 is 5.46 Å². The highest BCUT2D eigenvalue weighted by Crippen LogP contribution is 2.14. The molecule has 0 aliphatic heterocycles. The molecule has 3 N–H and O–H groups in total. The van der Waals surface area contributed by atoms with Gasteiger partial charge in [-0.15, -0.1) is 0 Å². The van der Waals surface area contributed by atoms with Gasteiger partial charge in [-0.2, -0.15) is 0 Å². The fraction of sp³-hybridized carbons (Fsp3) is 0. The molecule has 0 saturated carbocycles. The van der Waals surface area contributed by atoms with Crippen LogP contribution in [0.25, 0.3) is 10.9 Å². The van der Waals surface area contributed by atoms with Crippen molar-refractivity contribution in [3.05, 3.63) is 30.0 Å². The van der Waals surface area contributed by atoms with Crippen LogP contribution in [0.1, 0.15) is 10.4 Å².